The zero-order valence-corrected chi connectivity index (χ0v) is 10.8. The van der Waals surface area contributed by atoms with E-state index in [1.165, 1.54) is 12.1 Å². The van der Waals surface area contributed by atoms with E-state index in [-0.39, 0.29) is 17.0 Å². The van der Waals surface area contributed by atoms with Gasteiger partial charge in [0.2, 0.25) is 5.16 Å². The van der Waals surface area contributed by atoms with E-state index in [0.29, 0.717) is 11.0 Å². The minimum Gasteiger partial charge on any atom is -0.399 e. The number of halogens is 3. The molecule has 2 rings (SSSR count). The Kier molecular flexibility index (Phi) is 3.70. The second-order valence-electron chi connectivity index (χ2n) is 3.91. The van der Waals surface area contributed by atoms with E-state index in [1.54, 1.807) is 6.92 Å². The number of aromatic amines is 1. The summed E-state index contributed by atoms with van der Waals surface area (Å²) in [4.78, 5) is 4.03. The van der Waals surface area contributed by atoms with Crippen LogP contribution >= 0.6 is 11.8 Å². The van der Waals surface area contributed by atoms with E-state index in [1.807, 2.05) is 0 Å². The van der Waals surface area contributed by atoms with Crippen LogP contribution in [-0.4, -0.2) is 15.2 Å². The average Bonchev–Trinajstić information content (AvgIpc) is 2.72. The van der Waals surface area contributed by atoms with E-state index in [4.69, 9.17) is 5.73 Å². The SMILES string of the molecule is Cc1nc(SCc2ccc(N)cc2C(F)(F)F)n[nH]1. The summed E-state index contributed by atoms with van der Waals surface area (Å²) in [5, 5.41) is 6.91. The molecule has 102 valence electrons. The lowest BCUT2D eigenvalue weighted by molar-refractivity contribution is -0.138. The number of nitrogens with zero attached hydrogens (tertiary/aromatic N) is 2. The highest BCUT2D eigenvalue weighted by Crippen LogP contribution is 2.35. The topological polar surface area (TPSA) is 67.6 Å². The van der Waals surface area contributed by atoms with Crippen LogP contribution in [0.15, 0.2) is 23.4 Å². The minimum absolute atomic E-state index is 0.0924. The van der Waals surface area contributed by atoms with Crippen molar-refractivity contribution in [2.24, 2.45) is 0 Å². The zero-order valence-electron chi connectivity index (χ0n) is 9.95. The maximum atomic E-state index is 12.9. The largest absolute Gasteiger partial charge is 0.416 e. The van der Waals surface area contributed by atoms with Gasteiger partial charge in [-0.3, -0.25) is 5.10 Å². The lowest BCUT2D eigenvalue weighted by Gasteiger charge is -2.12. The van der Waals surface area contributed by atoms with E-state index < -0.39 is 11.7 Å². The quantitative estimate of drug-likeness (QED) is 0.673. The van der Waals surface area contributed by atoms with Crippen molar-refractivity contribution < 1.29 is 13.2 Å². The Balaban J connectivity index is 2.20. The highest BCUT2D eigenvalue weighted by molar-refractivity contribution is 7.98. The molecule has 0 radical (unpaired) electrons. The van der Waals surface area contributed by atoms with Crippen molar-refractivity contribution >= 4 is 17.4 Å². The van der Waals surface area contributed by atoms with Crippen molar-refractivity contribution in [2.75, 3.05) is 5.73 Å². The Morgan fingerprint density at radius 2 is 2.11 bits per heavy atom. The molecule has 0 aliphatic heterocycles. The monoisotopic (exact) mass is 288 g/mol. The summed E-state index contributed by atoms with van der Waals surface area (Å²) in [5.74, 6) is 0.753. The Labute approximate surface area is 111 Å². The first-order valence-electron chi connectivity index (χ1n) is 5.33. The molecule has 0 bridgehead atoms. The third-order valence-electron chi connectivity index (χ3n) is 2.37. The van der Waals surface area contributed by atoms with Gasteiger partial charge >= 0.3 is 6.18 Å². The maximum Gasteiger partial charge on any atom is 0.416 e. The minimum atomic E-state index is -4.42. The van der Waals surface area contributed by atoms with Gasteiger partial charge in [-0.1, -0.05) is 17.8 Å². The highest BCUT2D eigenvalue weighted by atomic mass is 32.2. The van der Waals surface area contributed by atoms with Gasteiger partial charge in [0, 0.05) is 11.4 Å². The van der Waals surface area contributed by atoms with E-state index in [0.717, 1.165) is 17.8 Å². The van der Waals surface area contributed by atoms with Crippen LogP contribution in [0.5, 0.6) is 0 Å². The Bertz CT molecular complexity index is 580. The molecule has 0 aliphatic carbocycles. The smallest absolute Gasteiger partial charge is 0.399 e. The molecule has 3 N–H and O–H groups in total. The molecule has 1 aromatic carbocycles. The number of hydrogen-bond acceptors (Lipinski definition) is 4. The first-order valence-corrected chi connectivity index (χ1v) is 6.32. The summed E-state index contributed by atoms with van der Waals surface area (Å²) in [5.41, 5.74) is 4.94. The van der Waals surface area contributed by atoms with Gasteiger partial charge in [-0.2, -0.15) is 13.2 Å². The predicted octanol–water partition coefficient (Wildman–Crippen LogP) is 3.01. The third kappa shape index (κ3) is 3.40. The number of nitrogens with two attached hydrogens (primary N) is 1. The normalized spacial score (nSPS) is 11.8. The molecular formula is C11H11F3N4S. The molecule has 2 aromatic rings. The van der Waals surface area contributed by atoms with Crippen LogP contribution in [0.3, 0.4) is 0 Å². The summed E-state index contributed by atoms with van der Waals surface area (Å²) in [6.45, 7) is 1.72. The molecule has 1 heterocycles. The first kappa shape index (κ1) is 13.7. The number of aryl methyl sites for hydroxylation is 1. The van der Waals surface area contributed by atoms with E-state index >= 15 is 0 Å². The van der Waals surface area contributed by atoms with Crippen LogP contribution in [0.1, 0.15) is 17.0 Å². The summed E-state index contributed by atoms with van der Waals surface area (Å²) < 4.78 is 38.6. The van der Waals surface area contributed by atoms with Crippen molar-refractivity contribution in [1.29, 1.82) is 0 Å². The molecule has 0 saturated heterocycles. The molecule has 0 aliphatic rings. The van der Waals surface area contributed by atoms with Gasteiger partial charge in [0.15, 0.2) is 0 Å². The predicted molar refractivity (Wildman–Crippen MR) is 66.5 cm³/mol. The lowest BCUT2D eigenvalue weighted by atomic mass is 10.1. The molecule has 19 heavy (non-hydrogen) atoms. The van der Waals surface area contributed by atoms with Gasteiger partial charge in [0.25, 0.3) is 0 Å². The number of nitrogen functional groups attached to an aromatic ring is 1. The standard InChI is InChI=1S/C11H11F3N4S/c1-6-16-10(18-17-6)19-5-7-2-3-8(15)4-9(7)11(12,13)14/h2-4H,5,15H2,1H3,(H,16,17,18). The van der Waals surface area contributed by atoms with Crippen molar-refractivity contribution in [1.82, 2.24) is 15.2 Å². The van der Waals surface area contributed by atoms with Crippen molar-refractivity contribution in [3.63, 3.8) is 0 Å². The number of anilines is 1. The molecule has 0 atom stereocenters. The maximum absolute atomic E-state index is 12.9. The lowest BCUT2D eigenvalue weighted by Crippen LogP contribution is -2.09. The van der Waals surface area contributed by atoms with Crippen LogP contribution in [0.4, 0.5) is 18.9 Å². The van der Waals surface area contributed by atoms with Crippen molar-refractivity contribution in [3.8, 4) is 0 Å². The average molecular weight is 288 g/mol. The summed E-state index contributed by atoms with van der Waals surface area (Å²) in [6.07, 6.45) is -4.42. The van der Waals surface area contributed by atoms with Gasteiger partial charge in [-0.05, 0) is 24.6 Å². The molecule has 0 spiro atoms. The third-order valence-corrected chi connectivity index (χ3v) is 3.27. The fraction of sp³-hybridized carbons (Fsp3) is 0.273. The Hall–Kier alpha value is -1.70. The Morgan fingerprint density at radius 1 is 1.37 bits per heavy atom. The van der Waals surface area contributed by atoms with E-state index in [9.17, 15) is 13.2 Å². The van der Waals surface area contributed by atoms with Crippen LogP contribution in [0.25, 0.3) is 0 Å². The van der Waals surface area contributed by atoms with E-state index in [2.05, 4.69) is 15.2 Å². The molecule has 0 saturated carbocycles. The van der Waals surface area contributed by atoms with Crippen LogP contribution in [0.2, 0.25) is 0 Å². The van der Waals surface area contributed by atoms with Crippen LogP contribution in [0, 0.1) is 6.92 Å². The fourth-order valence-corrected chi connectivity index (χ4v) is 2.36. The second kappa shape index (κ2) is 5.12. The Morgan fingerprint density at radius 3 is 2.68 bits per heavy atom. The van der Waals surface area contributed by atoms with Gasteiger partial charge < -0.3 is 5.73 Å². The van der Waals surface area contributed by atoms with Gasteiger partial charge in [0.05, 0.1) is 5.56 Å². The van der Waals surface area contributed by atoms with Gasteiger partial charge in [0.1, 0.15) is 5.82 Å². The number of rotatable bonds is 3. The van der Waals surface area contributed by atoms with Crippen molar-refractivity contribution in [2.45, 2.75) is 24.0 Å². The summed E-state index contributed by atoms with van der Waals surface area (Å²) >= 11 is 1.14. The molecular weight excluding hydrogens is 277 g/mol. The number of H-pyrrole nitrogens is 1. The number of nitrogens with one attached hydrogen (secondary N) is 1. The summed E-state index contributed by atoms with van der Waals surface area (Å²) in [6, 6.07) is 3.78. The van der Waals surface area contributed by atoms with Crippen molar-refractivity contribution in [3.05, 3.63) is 35.2 Å². The van der Waals surface area contributed by atoms with Crippen LogP contribution in [-0.2, 0) is 11.9 Å². The molecule has 4 nitrogen and oxygen atoms in total. The first-order chi connectivity index (χ1) is 8.86. The van der Waals surface area contributed by atoms with Crippen LogP contribution < -0.4 is 5.73 Å². The fourth-order valence-electron chi connectivity index (χ4n) is 1.51. The number of hydrogen-bond donors (Lipinski definition) is 2. The molecule has 0 amide bonds. The van der Waals surface area contributed by atoms with Gasteiger partial charge in [-0.25, -0.2) is 4.98 Å². The zero-order chi connectivity index (χ0) is 14.0. The molecule has 1 aromatic heterocycles. The van der Waals surface area contributed by atoms with Gasteiger partial charge in [-0.15, -0.1) is 5.10 Å². The number of alkyl halides is 3. The molecule has 8 heteroatoms. The number of thioether (sulfide) groups is 1. The second-order valence-corrected chi connectivity index (χ2v) is 4.85. The molecule has 0 fully saturated rings. The summed E-state index contributed by atoms with van der Waals surface area (Å²) in [7, 11) is 0. The number of benzene rings is 1. The molecule has 0 unspecified atom stereocenters. The highest BCUT2D eigenvalue weighted by Gasteiger charge is 2.33. The number of aromatic nitrogens is 3.